The van der Waals surface area contributed by atoms with Crippen molar-refractivity contribution in [2.45, 2.75) is 53.1 Å². The highest BCUT2D eigenvalue weighted by Gasteiger charge is 2.25. The van der Waals surface area contributed by atoms with Gasteiger partial charge in [0.15, 0.2) is 0 Å². The van der Waals surface area contributed by atoms with E-state index in [9.17, 15) is 9.59 Å². The molecule has 0 aliphatic carbocycles. The molecule has 26 heavy (non-hydrogen) atoms. The van der Waals surface area contributed by atoms with Crippen molar-refractivity contribution in [1.29, 1.82) is 0 Å². The van der Waals surface area contributed by atoms with E-state index in [1.54, 1.807) is 4.90 Å². The standard InChI is InChI=1S/C21H30N2O3/c1-14-12-17(19(22)24)13-15(2)18(14)7-6-16-8-10-23(11-9-16)20(25)26-21(3,4)5/h6-7,12-13,16H,8-11H2,1-5H3,(H2,22,24). The molecule has 5 heteroatoms. The van der Waals surface area contributed by atoms with Crippen LogP contribution in [0.4, 0.5) is 4.79 Å². The predicted molar refractivity (Wildman–Crippen MR) is 104 cm³/mol. The summed E-state index contributed by atoms with van der Waals surface area (Å²) in [5.74, 6) is 0.0320. The number of benzene rings is 1. The van der Waals surface area contributed by atoms with Crippen LogP contribution in [0.1, 0.15) is 60.7 Å². The summed E-state index contributed by atoms with van der Waals surface area (Å²) < 4.78 is 5.43. The minimum atomic E-state index is -0.458. The lowest BCUT2D eigenvalue weighted by Gasteiger charge is -2.32. The number of piperidine rings is 1. The van der Waals surface area contributed by atoms with Gasteiger partial charge in [0.05, 0.1) is 0 Å². The van der Waals surface area contributed by atoms with Gasteiger partial charge in [-0.15, -0.1) is 0 Å². The number of nitrogens with zero attached hydrogens (tertiary/aromatic N) is 1. The highest BCUT2D eigenvalue weighted by molar-refractivity contribution is 5.93. The molecule has 0 atom stereocenters. The van der Waals surface area contributed by atoms with Gasteiger partial charge in [-0.1, -0.05) is 12.2 Å². The maximum atomic E-state index is 12.1. The van der Waals surface area contributed by atoms with Gasteiger partial charge in [-0.25, -0.2) is 4.79 Å². The number of hydrogen-bond donors (Lipinski definition) is 1. The molecule has 2 rings (SSSR count). The fraction of sp³-hybridized carbons (Fsp3) is 0.524. The molecule has 142 valence electrons. The molecule has 0 radical (unpaired) electrons. The van der Waals surface area contributed by atoms with Crippen LogP contribution in [0.25, 0.3) is 6.08 Å². The van der Waals surface area contributed by atoms with E-state index < -0.39 is 11.5 Å². The van der Waals surface area contributed by atoms with Gasteiger partial charge in [-0.3, -0.25) is 4.79 Å². The van der Waals surface area contributed by atoms with Gasteiger partial charge in [0.1, 0.15) is 5.60 Å². The molecule has 2 N–H and O–H groups in total. The zero-order valence-electron chi connectivity index (χ0n) is 16.5. The van der Waals surface area contributed by atoms with Gasteiger partial charge in [-0.2, -0.15) is 0 Å². The fourth-order valence-electron chi connectivity index (χ4n) is 3.21. The highest BCUT2D eigenvalue weighted by atomic mass is 16.6. The average molecular weight is 358 g/mol. The van der Waals surface area contributed by atoms with Crippen LogP contribution in [-0.4, -0.2) is 35.6 Å². The number of likely N-dealkylation sites (tertiary alicyclic amines) is 1. The topological polar surface area (TPSA) is 72.6 Å². The van der Waals surface area contributed by atoms with E-state index in [1.807, 2.05) is 46.8 Å². The highest BCUT2D eigenvalue weighted by Crippen LogP contribution is 2.24. The Bertz CT molecular complexity index is 685. The molecule has 1 aliphatic rings. The van der Waals surface area contributed by atoms with Crippen molar-refractivity contribution < 1.29 is 14.3 Å². The Morgan fingerprint density at radius 1 is 1.15 bits per heavy atom. The Morgan fingerprint density at radius 3 is 2.15 bits per heavy atom. The molecule has 1 aliphatic heterocycles. The molecule has 0 spiro atoms. The summed E-state index contributed by atoms with van der Waals surface area (Å²) in [5.41, 5.74) is 8.67. The van der Waals surface area contributed by atoms with Crippen LogP contribution >= 0.6 is 0 Å². The molecule has 1 aromatic rings. The zero-order chi connectivity index (χ0) is 19.5. The van der Waals surface area contributed by atoms with Crippen LogP contribution in [0.2, 0.25) is 0 Å². The Morgan fingerprint density at radius 2 is 1.69 bits per heavy atom. The minimum absolute atomic E-state index is 0.228. The maximum Gasteiger partial charge on any atom is 0.410 e. The number of nitrogens with two attached hydrogens (primary N) is 1. The van der Waals surface area contributed by atoms with Gasteiger partial charge >= 0.3 is 6.09 Å². The molecule has 5 nitrogen and oxygen atoms in total. The Kier molecular flexibility index (Phi) is 6.11. The van der Waals surface area contributed by atoms with Crippen LogP contribution in [0.5, 0.6) is 0 Å². The summed E-state index contributed by atoms with van der Waals surface area (Å²) in [6.07, 6.45) is 5.96. The number of amides is 2. The van der Waals surface area contributed by atoms with Crippen molar-refractivity contribution in [1.82, 2.24) is 4.90 Å². The van der Waals surface area contributed by atoms with E-state index in [0.29, 0.717) is 24.6 Å². The summed E-state index contributed by atoms with van der Waals surface area (Å²) in [4.78, 5) is 25.3. The Balaban J connectivity index is 1.97. The molecule has 1 fully saturated rings. The number of carbonyl (C=O) groups is 2. The van der Waals surface area contributed by atoms with Crippen molar-refractivity contribution >= 4 is 18.1 Å². The third kappa shape index (κ3) is 5.35. The van der Waals surface area contributed by atoms with Crippen LogP contribution in [-0.2, 0) is 4.74 Å². The first-order valence-corrected chi connectivity index (χ1v) is 9.14. The monoisotopic (exact) mass is 358 g/mol. The number of allylic oxidation sites excluding steroid dienone is 1. The van der Waals surface area contributed by atoms with Crippen LogP contribution in [0, 0.1) is 19.8 Å². The van der Waals surface area contributed by atoms with Crippen molar-refractivity contribution in [3.05, 3.63) is 40.5 Å². The lowest BCUT2D eigenvalue weighted by atomic mass is 9.93. The third-order valence-corrected chi connectivity index (χ3v) is 4.60. The predicted octanol–water partition coefficient (Wildman–Crippen LogP) is 4.06. The van der Waals surface area contributed by atoms with Crippen molar-refractivity contribution in [3.8, 4) is 0 Å². The summed E-state index contributed by atoms with van der Waals surface area (Å²) in [7, 11) is 0. The van der Waals surface area contributed by atoms with Crippen LogP contribution in [0.3, 0.4) is 0 Å². The van der Waals surface area contributed by atoms with E-state index in [0.717, 1.165) is 29.5 Å². The molecule has 1 heterocycles. The van der Waals surface area contributed by atoms with E-state index in [-0.39, 0.29) is 6.09 Å². The van der Waals surface area contributed by atoms with Gasteiger partial charge in [0.2, 0.25) is 5.91 Å². The molecule has 1 aromatic carbocycles. The second-order valence-corrected chi connectivity index (χ2v) is 8.05. The molecule has 1 saturated heterocycles. The molecule has 0 saturated carbocycles. The number of rotatable bonds is 3. The minimum Gasteiger partial charge on any atom is -0.444 e. The molecule has 2 amide bonds. The average Bonchev–Trinajstić information content (AvgIpc) is 2.52. The van der Waals surface area contributed by atoms with E-state index in [1.165, 1.54) is 0 Å². The molecule has 0 aromatic heterocycles. The smallest absolute Gasteiger partial charge is 0.410 e. The molecule has 0 unspecified atom stereocenters. The Labute approximate surface area is 156 Å². The normalized spacial score (nSPS) is 16.1. The molecular weight excluding hydrogens is 328 g/mol. The first-order valence-electron chi connectivity index (χ1n) is 9.14. The van der Waals surface area contributed by atoms with Crippen LogP contribution < -0.4 is 5.73 Å². The SMILES string of the molecule is Cc1cc(C(N)=O)cc(C)c1C=CC1CCN(C(=O)OC(C)(C)C)CC1. The summed E-state index contributed by atoms with van der Waals surface area (Å²) in [6.45, 7) is 11.1. The largest absolute Gasteiger partial charge is 0.444 e. The number of carbonyl (C=O) groups excluding carboxylic acids is 2. The van der Waals surface area contributed by atoms with Crippen molar-refractivity contribution in [3.63, 3.8) is 0 Å². The van der Waals surface area contributed by atoms with Crippen LogP contribution in [0.15, 0.2) is 18.2 Å². The van der Waals surface area contributed by atoms with Gasteiger partial charge in [0, 0.05) is 18.7 Å². The first kappa shape index (κ1) is 20.0. The lowest BCUT2D eigenvalue weighted by molar-refractivity contribution is 0.0197. The molecular formula is C21H30N2O3. The van der Waals surface area contributed by atoms with E-state index in [4.69, 9.17) is 10.5 Å². The van der Waals surface area contributed by atoms with Gasteiger partial charge in [-0.05, 0) is 82.2 Å². The number of hydrogen-bond acceptors (Lipinski definition) is 3. The first-order chi connectivity index (χ1) is 12.1. The van der Waals surface area contributed by atoms with Gasteiger partial charge in [0.25, 0.3) is 0 Å². The number of primary amides is 1. The number of aryl methyl sites for hydroxylation is 2. The maximum absolute atomic E-state index is 12.1. The Hall–Kier alpha value is -2.30. The number of ether oxygens (including phenoxy) is 1. The van der Waals surface area contributed by atoms with Crippen molar-refractivity contribution in [2.24, 2.45) is 11.7 Å². The fourth-order valence-corrected chi connectivity index (χ4v) is 3.21. The summed E-state index contributed by atoms with van der Waals surface area (Å²) in [6, 6.07) is 3.67. The van der Waals surface area contributed by atoms with E-state index >= 15 is 0 Å². The second kappa shape index (κ2) is 7.94. The zero-order valence-corrected chi connectivity index (χ0v) is 16.5. The third-order valence-electron chi connectivity index (χ3n) is 4.60. The second-order valence-electron chi connectivity index (χ2n) is 8.05. The van der Waals surface area contributed by atoms with E-state index in [2.05, 4.69) is 12.2 Å². The summed E-state index contributed by atoms with van der Waals surface area (Å²) >= 11 is 0. The molecule has 0 bridgehead atoms. The summed E-state index contributed by atoms with van der Waals surface area (Å²) in [5, 5.41) is 0. The lowest BCUT2D eigenvalue weighted by Crippen LogP contribution is -2.41. The van der Waals surface area contributed by atoms with Crippen molar-refractivity contribution in [2.75, 3.05) is 13.1 Å². The quantitative estimate of drug-likeness (QED) is 0.885. The van der Waals surface area contributed by atoms with Gasteiger partial charge < -0.3 is 15.4 Å².